The lowest BCUT2D eigenvalue weighted by Gasteiger charge is -2.23. The van der Waals surface area contributed by atoms with Gasteiger partial charge in [0.2, 0.25) is 11.0 Å². The van der Waals surface area contributed by atoms with Gasteiger partial charge < -0.3 is 15.5 Å². The first-order chi connectivity index (χ1) is 15.8. The van der Waals surface area contributed by atoms with Crippen molar-refractivity contribution in [3.63, 3.8) is 0 Å². The van der Waals surface area contributed by atoms with Crippen molar-refractivity contribution in [1.82, 2.24) is 15.5 Å². The van der Waals surface area contributed by atoms with Crippen LogP contribution in [0.15, 0.2) is 53.0 Å². The summed E-state index contributed by atoms with van der Waals surface area (Å²) < 4.78 is 0.754. The lowest BCUT2D eigenvalue weighted by molar-refractivity contribution is -0.119. The van der Waals surface area contributed by atoms with E-state index >= 15 is 0 Å². The quantitative estimate of drug-likeness (QED) is 0.371. The van der Waals surface area contributed by atoms with Gasteiger partial charge >= 0.3 is 6.03 Å². The lowest BCUT2D eigenvalue weighted by atomic mass is 9.98. The SMILES string of the molecule is CCC(C)C(NC(=O)Nc1ccccc1Br)C(=O)Nc1nnc(-c2ccc(N(C)C)cc2)s1. The Morgan fingerprint density at radius 3 is 2.39 bits per heavy atom. The number of halogens is 1. The first-order valence-corrected chi connectivity index (χ1v) is 12.1. The van der Waals surface area contributed by atoms with Gasteiger partial charge in [-0.2, -0.15) is 0 Å². The third-order valence-electron chi connectivity index (χ3n) is 5.19. The largest absolute Gasteiger partial charge is 0.378 e. The molecule has 1 aromatic heterocycles. The van der Waals surface area contributed by atoms with Crippen LogP contribution in [0.4, 0.5) is 21.3 Å². The van der Waals surface area contributed by atoms with E-state index in [1.165, 1.54) is 11.3 Å². The maximum absolute atomic E-state index is 13.0. The number of rotatable bonds is 8. The van der Waals surface area contributed by atoms with E-state index in [4.69, 9.17) is 0 Å². The average molecular weight is 531 g/mol. The van der Waals surface area contributed by atoms with Gasteiger partial charge in [-0.1, -0.05) is 43.7 Å². The van der Waals surface area contributed by atoms with E-state index in [2.05, 4.69) is 42.1 Å². The topological polar surface area (TPSA) is 99.2 Å². The van der Waals surface area contributed by atoms with Crippen molar-refractivity contribution in [2.75, 3.05) is 29.6 Å². The van der Waals surface area contributed by atoms with Crippen LogP contribution in [0.2, 0.25) is 0 Å². The summed E-state index contributed by atoms with van der Waals surface area (Å²) in [5, 5.41) is 17.8. The van der Waals surface area contributed by atoms with Crippen LogP contribution in [-0.4, -0.2) is 42.3 Å². The minimum Gasteiger partial charge on any atom is -0.378 e. The summed E-state index contributed by atoms with van der Waals surface area (Å²) in [4.78, 5) is 27.6. The number of hydrogen-bond acceptors (Lipinski definition) is 6. The third-order valence-corrected chi connectivity index (χ3v) is 6.77. The molecule has 174 valence electrons. The van der Waals surface area contributed by atoms with E-state index in [-0.39, 0.29) is 11.8 Å². The number of carbonyl (C=O) groups is 2. The molecule has 3 rings (SSSR count). The smallest absolute Gasteiger partial charge is 0.319 e. The Bertz CT molecular complexity index is 1100. The van der Waals surface area contributed by atoms with Crippen molar-refractivity contribution < 1.29 is 9.59 Å². The van der Waals surface area contributed by atoms with Crippen LogP contribution in [0.1, 0.15) is 20.3 Å². The molecule has 3 N–H and O–H groups in total. The molecule has 0 saturated carbocycles. The Labute approximate surface area is 205 Å². The molecule has 2 unspecified atom stereocenters. The third kappa shape index (κ3) is 6.52. The van der Waals surface area contributed by atoms with Gasteiger partial charge in [-0.15, -0.1) is 10.2 Å². The van der Waals surface area contributed by atoms with Gasteiger partial charge in [-0.3, -0.25) is 10.1 Å². The van der Waals surface area contributed by atoms with Gasteiger partial charge in [0.05, 0.1) is 5.69 Å². The first-order valence-electron chi connectivity index (χ1n) is 10.5. The van der Waals surface area contributed by atoms with Crippen molar-refractivity contribution in [3.05, 3.63) is 53.0 Å². The Hall–Kier alpha value is -2.98. The highest BCUT2D eigenvalue weighted by Crippen LogP contribution is 2.28. The maximum atomic E-state index is 13.0. The van der Waals surface area contributed by atoms with E-state index in [0.717, 1.165) is 15.7 Å². The Balaban J connectivity index is 1.67. The summed E-state index contributed by atoms with van der Waals surface area (Å²) in [5.74, 6) is -0.418. The van der Waals surface area contributed by atoms with Gasteiger partial charge in [-0.25, -0.2) is 4.79 Å². The number of para-hydroxylation sites is 1. The van der Waals surface area contributed by atoms with Gasteiger partial charge in [0.1, 0.15) is 11.0 Å². The molecule has 33 heavy (non-hydrogen) atoms. The minimum absolute atomic E-state index is 0.0825. The molecule has 0 aliphatic heterocycles. The van der Waals surface area contributed by atoms with E-state index < -0.39 is 12.1 Å². The zero-order valence-corrected chi connectivity index (χ0v) is 21.3. The summed E-state index contributed by atoms with van der Waals surface area (Å²) in [6.07, 6.45) is 0.715. The first kappa shape index (κ1) is 24.7. The number of urea groups is 1. The molecule has 3 aromatic rings. The molecule has 8 nitrogen and oxygen atoms in total. The standard InChI is InChI=1S/C23H27BrN6O2S/c1-5-14(2)19(26-22(32)25-18-9-7-6-8-17(18)24)20(31)27-23-29-28-21(33-23)15-10-12-16(13-11-15)30(3)4/h6-14,19H,5H2,1-4H3,(H2,25,26,32)(H,27,29,31). The number of nitrogens with zero attached hydrogens (tertiary/aromatic N) is 3. The number of hydrogen-bond donors (Lipinski definition) is 3. The highest BCUT2D eigenvalue weighted by atomic mass is 79.9. The Kier molecular flexibility index (Phi) is 8.40. The van der Waals surface area contributed by atoms with Crippen molar-refractivity contribution >= 4 is 55.7 Å². The second-order valence-electron chi connectivity index (χ2n) is 7.78. The summed E-state index contributed by atoms with van der Waals surface area (Å²) in [7, 11) is 3.96. The van der Waals surface area contributed by atoms with Gasteiger partial charge in [-0.05, 0) is 58.2 Å². The highest BCUT2D eigenvalue weighted by Gasteiger charge is 2.27. The number of aromatic nitrogens is 2. The molecule has 0 bridgehead atoms. The monoisotopic (exact) mass is 530 g/mol. The summed E-state index contributed by atoms with van der Waals surface area (Å²) in [6.45, 7) is 3.89. The molecule has 0 fully saturated rings. The van der Waals surface area contributed by atoms with Crippen LogP contribution in [0, 0.1) is 5.92 Å². The van der Waals surface area contributed by atoms with Crippen molar-refractivity contribution in [2.24, 2.45) is 5.92 Å². The average Bonchev–Trinajstić information content (AvgIpc) is 3.27. The van der Waals surface area contributed by atoms with Crippen LogP contribution >= 0.6 is 27.3 Å². The van der Waals surface area contributed by atoms with Gasteiger partial charge in [0.15, 0.2) is 0 Å². The van der Waals surface area contributed by atoms with Crippen molar-refractivity contribution in [3.8, 4) is 10.6 Å². The lowest BCUT2D eigenvalue weighted by Crippen LogP contribution is -2.49. The number of nitrogens with one attached hydrogen (secondary N) is 3. The zero-order valence-electron chi connectivity index (χ0n) is 18.9. The van der Waals surface area contributed by atoms with E-state index in [1.54, 1.807) is 6.07 Å². The van der Waals surface area contributed by atoms with E-state index in [9.17, 15) is 9.59 Å². The predicted molar refractivity (Wildman–Crippen MR) is 138 cm³/mol. The number of amides is 3. The van der Waals surface area contributed by atoms with Gasteiger partial charge in [0.25, 0.3) is 0 Å². The molecule has 0 saturated heterocycles. The molecule has 10 heteroatoms. The van der Waals surface area contributed by atoms with Crippen LogP contribution in [0.5, 0.6) is 0 Å². The normalized spacial score (nSPS) is 12.5. The fourth-order valence-electron chi connectivity index (χ4n) is 3.04. The maximum Gasteiger partial charge on any atom is 0.319 e. The molecule has 0 spiro atoms. The van der Waals surface area contributed by atoms with Crippen LogP contribution in [-0.2, 0) is 4.79 Å². The second-order valence-corrected chi connectivity index (χ2v) is 9.62. The highest BCUT2D eigenvalue weighted by molar-refractivity contribution is 9.10. The molecule has 0 aliphatic carbocycles. The summed E-state index contributed by atoms with van der Waals surface area (Å²) in [5.41, 5.74) is 2.62. The molecule has 2 aromatic carbocycles. The fraction of sp³-hybridized carbons (Fsp3) is 0.304. The molecule has 2 atom stereocenters. The van der Waals surface area contributed by atoms with Crippen molar-refractivity contribution in [2.45, 2.75) is 26.3 Å². The Morgan fingerprint density at radius 1 is 1.06 bits per heavy atom. The zero-order chi connectivity index (χ0) is 24.0. The van der Waals surface area contributed by atoms with Crippen LogP contribution in [0.3, 0.4) is 0 Å². The molecular weight excluding hydrogens is 504 g/mol. The molecular formula is C23H27BrN6O2S. The minimum atomic E-state index is -0.732. The Morgan fingerprint density at radius 2 is 1.76 bits per heavy atom. The molecule has 3 amide bonds. The van der Waals surface area contributed by atoms with E-state index in [0.29, 0.717) is 22.2 Å². The number of anilines is 3. The van der Waals surface area contributed by atoms with Crippen molar-refractivity contribution in [1.29, 1.82) is 0 Å². The fourth-order valence-corrected chi connectivity index (χ4v) is 4.18. The molecule has 0 radical (unpaired) electrons. The van der Waals surface area contributed by atoms with Gasteiger partial charge in [0, 0.05) is 29.8 Å². The van der Waals surface area contributed by atoms with Crippen LogP contribution in [0.25, 0.3) is 10.6 Å². The number of carbonyl (C=O) groups excluding carboxylic acids is 2. The van der Waals surface area contributed by atoms with E-state index in [1.807, 2.05) is 75.3 Å². The van der Waals surface area contributed by atoms with Crippen LogP contribution < -0.4 is 20.9 Å². The predicted octanol–water partition coefficient (Wildman–Crippen LogP) is 5.21. The number of benzene rings is 2. The molecule has 0 aliphatic rings. The second kappa shape index (κ2) is 11.2. The molecule has 1 heterocycles. The summed E-state index contributed by atoms with van der Waals surface area (Å²) >= 11 is 4.69. The summed E-state index contributed by atoms with van der Waals surface area (Å²) in [6, 6.07) is 14.0.